The minimum atomic E-state index is -0.728. The second kappa shape index (κ2) is 22.8. The van der Waals surface area contributed by atoms with Crippen molar-refractivity contribution < 1.29 is 9.90 Å². The van der Waals surface area contributed by atoms with Gasteiger partial charge in [-0.25, -0.2) is 0 Å². The molecule has 0 aromatic heterocycles. The largest absolute Gasteiger partial charge is 0.480 e. The number of carboxylic acid groups (broad SMARTS) is 1. The van der Waals surface area contributed by atoms with Gasteiger partial charge < -0.3 is 10.4 Å². The highest BCUT2D eigenvalue weighted by molar-refractivity contribution is 5.73. The number of rotatable bonds is 23. The Morgan fingerprint density at radius 1 is 0.700 bits per heavy atom. The van der Waals surface area contributed by atoms with Gasteiger partial charge in [-0.05, 0) is 44.6 Å². The van der Waals surface area contributed by atoms with E-state index in [2.05, 4.69) is 24.4 Å². The van der Waals surface area contributed by atoms with Crippen LogP contribution >= 0.6 is 0 Å². The molecule has 1 atom stereocenters. The summed E-state index contributed by atoms with van der Waals surface area (Å²) in [6, 6.07) is -0.402. The zero-order chi connectivity index (χ0) is 22.3. The Balaban J connectivity index is 3.23. The molecule has 0 aliphatic heterocycles. The van der Waals surface area contributed by atoms with E-state index in [1.807, 2.05) is 13.8 Å². The molecule has 0 aliphatic rings. The summed E-state index contributed by atoms with van der Waals surface area (Å²) < 4.78 is 0. The Kier molecular flexibility index (Phi) is 22.2. The molecule has 0 saturated heterocycles. The number of allylic oxidation sites excluding steroid dienone is 2. The van der Waals surface area contributed by atoms with E-state index in [-0.39, 0.29) is 5.92 Å². The monoisotopic (exact) mass is 423 g/mol. The first-order valence-corrected chi connectivity index (χ1v) is 13.2. The van der Waals surface area contributed by atoms with Gasteiger partial charge in [-0.2, -0.15) is 0 Å². The summed E-state index contributed by atoms with van der Waals surface area (Å²) in [7, 11) is 0. The van der Waals surface area contributed by atoms with Gasteiger partial charge in [-0.3, -0.25) is 4.79 Å². The predicted octanol–water partition coefficient (Wildman–Crippen LogP) is 8.28. The topological polar surface area (TPSA) is 49.3 Å². The molecule has 0 aliphatic carbocycles. The number of carboxylic acids is 1. The van der Waals surface area contributed by atoms with Crippen LogP contribution in [0, 0.1) is 5.92 Å². The van der Waals surface area contributed by atoms with Crippen molar-refractivity contribution in [1.29, 1.82) is 0 Å². The predicted molar refractivity (Wildman–Crippen MR) is 132 cm³/mol. The first-order chi connectivity index (χ1) is 14.6. The van der Waals surface area contributed by atoms with Gasteiger partial charge in [0, 0.05) is 0 Å². The molecular weight excluding hydrogens is 370 g/mol. The minimum Gasteiger partial charge on any atom is -0.480 e. The molecule has 0 unspecified atom stereocenters. The van der Waals surface area contributed by atoms with E-state index in [1.165, 1.54) is 109 Å². The van der Waals surface area contributed by atoms with E-state index in [1.54, 1.807) is 0 Å². The van der Waals surface area contributed by atoms with Crippen molar-refractivity contribution in [3.05, 3.63) is 12.2 Å². The highest BCUT2D eigenvalue weighted by Gasteiger charge is 2.19. The third-order valence-electron chi connectivity index (χ3n) is 5.99. The zero-order valence-electron chi connectivity index (χ0n) is 20.6. The molecule has 0 fully saturated rings. The van der Waals surface area contributed by atoms with Crippen LogP contribution in [0.2, 0.25) is 0 Å². The molecule has 30 heavy (non-hydrogen) atoms. The maximum Gasteiger partial charge on any atom is 0.320 e. The van der Waals surface area contributed by atoms with Crippen molar-refractivity contribution in [2.75, 3.05) is 6.54 Å². The molecule has 0 saturated carbocycles. The van der Waals surface area contributed by atoms with E-state index >= 15 is 0 Å². The standard InChI is InChI=1S/C27H53NO2/c1-4-5-6-7-8-9-10-11-12-13-14-15-16-17-18-19-20-21-22-23-24-28-26(25(2)3)27(29)30/h11-12,25-26,28H,4-10,13-24H2,1-3H3,(H,29,30)/b12-11+/t26-/m0/s1. The second-order valence-electron chi connectivity index (χ2n) is 9.37. The van der Waals surface area contributed by atoms with Crippen molar-refractivity contribution in [2.45, 2.75) is 142 Å². The lowest BCUT2D eigenvalue weighted by Gasteiger charge is -2.17. The quantitative estimate of drug-likeness (QED) is 0.128. The molecule has 0 radical (unpaired) electrons. The van der Waals surface area contributed by atoms with Gasteiger partial charge in [0.1, 0.15) is 6.04 Å². The third-order valence-corrected chi connectivity index (χ3v) is 5.99. The summed E-state index contributed by atoms with van der Waals surface area (Å²) in [4.78, 5) is 11.1. The molecule has 0 bridgehead atoms. The van der Waals surface area contributed by atoms with Crippen molar-refractivity contribution >= 4 is 5.97 Å². The van der Waals surface area contributed by atoms with Crippen LogP contribution in [0.25, 0.3) is 0 Å². The molecule has 0 aromatic rings. The van der Waals surface area contributed by atoms with Gasteiger partial charge >= 0.3 is 5.97 Å². The van der Waals surface area contributed by atoms with Crippen molar-refractivity contribution in [2.24, 2.45) is 5.92 Å². The van der Waals surface area contributed by atoms with E-state index in [0.29, 0.717) is 0 Å². The Hall–Kier alpha value is -0.830. The average molecular weight is 424 g/mol. The number of aliphatic carboxylic acids is 1. The summed E-state index contributed by atoms with van der Waals surface area (Å²) in [5.41, 5.74) is 0. The van der Waals surface area contributed by atoms with Crippen LogP contribution in [-0.4, -0.2) is 23.7 Å². The fourth-order valence-electron chi connectivity index (χ4n) is 3.95. The van der Waals surface area contributed by atoms with Crippen LogP contribution in [0.15, 0.2) is 12.2 Å². The fraction of sp³-hybridized carbons (Fsp3) is 0.889. The van der Waals surface area contributed by atoms with Crippen LogP contribution in [0.3, 0.4) is 0 Å². The number of nitrogens with one attached hydrogen (secondary N) is 1. The minimum absolute atomic E-state index is 0.142. The van der Waals surface area contributed by atoms with E-state index in [4.69, 9.17) is 5.11 Å². The summed E-state index contributed by atoms with van der Waals surface area (Å²) in [6.45, 7) is 7.02. The molecule has 0 aromatic carbocycles. The number of hydrogen-bond acceptors (Lipinski definition) is 2. The first kappa shape index (κ1) is 29.2. The van der Waals surface area contributed by atoms with Crippen molar-refractivity contribution in [3.8, 4) is 0 Å². The van der Waals surface area contributed by atoms with Gasteiger partial charge in [-0.15, -0.1) is 0 Å². The Morgan fingerprint density at radius 3 is 1.50 bits per heavy atom. The van der Waals surface area contributed by atoms with Crippen LogP contribution in [0.4, 0.5) is 0 Å². The summed E-state index contributed by atoms with van der Waals surface area (Å²) in [6.07, 6.45) is 28.9. The Labute approximate surface area is 188 Å². The molecule has 3 nitrogen and oxygen atoms in total. The maximum atomic E-state index is 11.1. The molecule has 0 amide bonds. The first-order valence-electron chi connectivity index (χ1n) is 13.2. The fourth-order valence-corrected chi connectivity index (χ4v) is 3.95. The molecule has 178 valence electrons. The van der Waals surface area contributed by atoms with Gasteiger partial charge in [0.25, 0.3) is 0 Å². The number of unbranched alkanes of at least 4 members (excludes halogenated alkanes) is 16. The van der Waals surface area contributed by atoms with Gasteiger partial charge in [0.15, 0.2) is 0 Å². The highest BCUT2D eigenvalue weighted by atomic mass is 16.4. The van der Waals surface area contributed by atoms with E-state index in [9.17, 15) is 4.79 Å². The summed E-state index contributed by atoms with van der Waals surface area (Å²) in [5.74, 6) is -0.585. The molecular formula is C27H53NO2. The van der Waals surface area contributed by atoms with Crippen LogP contribution in [0.1, 0.15) is 136 Å². The van der Waals surface area contributed by atoms with E-state index in [0.717, 1.165) is 13.0 Å². The maximum absolute atomic E-state index is 11.1. The number of hydrogen-bond donors (Lipinski definition) is 2. The summed E-state index contributed by atoms with van der Waals surface area (Å²) in [5, 5.41) is 12.3. The molecule has 0 heterocycles. The number of carbonyl (C=O) groups is 1. The smallest absolute Gasteiger partial charge is 0.320 e. The van der Waals surface area contributed by atoms with Gasteiger partial charge in [0.05, 0.1) is 0 Å². The zero-order valence-corrected chi connectivity index (χ0v) is 20.6. The summed E-state index contributed by atoms with van der Waals surface area (Å²) >= 11 is 0. The highest BCUT2D eigenvalue weighted by Crippen LogP contribution is 2.12. The normalized spacial score (nSPS) is 12.8. The second-order valence-corrected chi connectivity index (χ2v) is 9.37. The molecule has 0 spiro atoms. The Morgan fingerprint density at radius 2 is 1.10 bits per heavy atom. The average Bonchev–Trinajstić information content (AvgIpc) is 2.71. The van der Waals surface area contributed by atoms with Crippen molar-refractivity contribution in [1.82, 2.24) is 5.32 Å². The van der Waals surface area contributed by atoms with E-state index < -0.39 is 12.0 Å². The molecule has 0 rings (SSSR count). The van der Waals surface area contributed by atoms with Crippen LogP contribution in [0.5, 0.6) is 0 Å². The van der Waals surface area contributed by atoms with Gasteiger partial charge in [-0.1, -0.05) is 116 Å². The van der Waals surface area contributed by atoms with Crippen LogP contribution in [-0.2, 0) is 4.79 Å². The Bertz CT molecular complexity index is 392. The molecule has 3 heteroatoms. The molecule has 2 N–H and O–H groups in total. The van der Waals surface area contributed by atoms with Crippen LogP contribution < -0.4 is 5.32 Å². The SMILES string of the molecule is CCCCCCCC/C=C/CCCCCCCCCCCCN[C@H](C(=O)O)C(C)C. The van der Waals surface area contributed by atoms with Gasteiger partial charge in [0.2, 0.25) is 0 Å². The lowest BCUT2D eigenvalue weighted by Crippen LogP contribution is -2.41. The third kappa shape index (κ3) is 20.4. The lowest BCUT2D eigenvalue weighted by molar-refractivity contribution is -0.140. The van der Waals surface area contributed by atoms with Crippen molar-refractivity contribution in [3.63, 3.8) is 0 Å². The lowest BCUT2D eigenvalue weighted by atomic mass is 10.0.